The quantitative estimate of drug-likeness (QED) is 0.374. The first-order chi connectivity index (χ1) is 2.77. The van der Waals surface area contributed by atoms with Gasteiger partial charge in [-0.3, -0.25) is 0 Å². The molecule has 0 bridgehead atoms. The summed E-state index contributed by atoms with van der Waals surface area (Å²) in [6, 6.07) is 0. The zero-order valence-corrected chi connectivity index (χ0v) is 6.44. The fourth-order valence-corrected chi connectivity index (χ4v) is 0.327. The normalized spacial score (nSPS) is 36.9. The maximum Gasteiger partial charge on any atom is 0.0886 e. The van der Waals surface area contributed by atoms with Crippen molar-refractivity contribution in [2.45, 2.75) is 25.9 Å². The molecule has 7 heavy (non-hydrogen) atoms. The lowest BCUT2D eigenvalue weighted by Crippen LogP contribution is -1.98. The summed E-state index contributed by atoms with van der Waals surface area (Å²) >= 11 is 0. The van der Waals surface area contributed by atoms with Gasteiger partial charge >= 0.3 is 0 Å². The highest BCUT2D eigenvalue weighted by Gasteiger charge is 2.36. The van der Waals surface area contributed by atoms with E-state index in [2.05, 4.69) is 13.8 Å². The smallest absolute Gasteiger partial charge is 0.0886 e. The van der Waals surface area contributed by atoms with E-state index in [1.54, 1.807) is 0 Å². The van der Waals surface area contributed by atoms with Crippen LogP contribution >= 0.6 is 9.90 Å². The van der Waals surface area contributed by atoms with Crippen LogP contribution in [0.15, 0.2) is 0 Å². The minimum atomic E-state index is 0. The Morgan fingerprint density at radius 3 is 2.14 bits per heavy atom. The maximum absolute atomic E-state index is 5.05. The van der Waals surface area contributed by atoms with Gasteiger partial charge in [-0.15, -0.1) is 0 Å². The number of hydrogen-bond acceptors (Lipinski definition) is 1. The van der Waals surface area contributed by atoms with Gasteiger partial charge in [0.05, 0.1) is 12.2 Å². The largest absolute Gasteiger partial charge is 0.370 e. The summed E-state index contributed by atoms with van der Waals surface area (Å²) in [6.45, 7) is 5.25. The fourth-order valence-electron chi connectivity index (χ4n) is 0.327. The van der Waals surface area contributed by atoms with E-state index >= 15 is 0 Å². The van der Waals surface area contributed by atoms with Crippen molar-refractivity contribution >= 4 is 9.90 Å². The molecule has 0 aromatic rings. The summed E-state index contributed by atoms with van der Waals surface area (Å²) in [5.74, 6) is 0. The number of hydrogen-bond donors (Lipinski definition) is 0. The predicted molar refractivity (Wildman–Crippen MR) is 35.8 cm³/mol. The van der Waals surface area contributed by atoms with Crippen LogP contribution in [0.2, 0.25) is 0 Å². The first-order valence-corrected chi connectivity index (χ1v) is 2.41. The summed E-state index contributed by atoms with van der Waals surface area (Å²) in [5.41, 5.74) is 0.292. The van der Waals surface area contributed by atoms with Gasteiger partial charge in [-0.25, -0.2) is 0 Å². The molecule has 0 aromatic heterocycles. The molecule has 2 atom stereocenters. The Morgan fingerprint density at radius 2 is 2.14 bits per heavy atom. The lowest BCUT2D eigenvalue weighted by molar-refractivity contribution is 0.317. The molecule has 0 aromatic carbocycles. The topological polar surface area (TPSA) is 12.5 Å². The average Bonchev–Trinajstić information content (AvgIpc) is 2.22. The van der Waals surface area contributed by atoms with Crippen LogP contribution < -0.4 is 0 Å². The monoisotopic (exact) mass is 120 g/mol. The van der Waals surface area contributed by atoms with Gasteiger partial charge < -0.3 is 4.74 Å². The van der Waals surface area contributed by atoms with Gasteiger partial charge in [-0.2, -0.15) is 9.90 Å². The van der Waals surface area contributed by atoms with Crippen LogP contribution in [0.3, 0.4) is 0 Å². The molecule has 1 fully saturated rings. The molecule has 0 aliphatic carbocycles. The third kappa shape index (κ3) is 1.75. The van der Waals surface area contributed by atoms with Crippen molar-refractivity contribution in [2.24, 2.45) is 0 Å². The van der Waals surface area contributed by atoms with E-state index in [-0.39, 0.29) is 9.90 Å². The standard InChI is InChI=1S/C5H10O.H3P/c1-3-5(2)4-6-5;/h3-4H2,1-2H3;1H3. The maximum atomic E-state index is 5.05. The molecule has 0 spiro atoms. The average molecular weight is 120 g/mol. The highest BCUT2D eigenvalue weighted by molar-refractivity contribution is 6.92. The van der Waals surface area contributed by atoms with E-state index in [9.17, 15) is 0 Å². The van der Waals surface area contributed by atoms with Gasteiger partial charge in [-0.05, 0) is 13.3 Å². The van der Waals surface area contributed by atoms with Crippen LogP contribution in [-0.4, -0.2) is 12.2 Å². The van der Waals surface area contributed by atoms with Crippen molar-refractivity contribution in [3.8, 4) is 0 Å². The Bertz CT molecular complexity index is 59.1. The lowest BCUT2D eigenvalue weighted by Gasteiger charge is -1.92. The van der Waals surface area contributed by atoms with Crippen LogP contribution in [-0.2, 0) is 4.74 Å². The van der Waals surface area contributed by atoms with Crippen molar-refractivity contribution in [1.29, 1.82) is 0 Å². The summed E-state index contributed by atoms with van der Waals surface area (Å²) in [5, 5.41) is 0. The molecule has 0 N–H and O–H groups in total. The highest BCUT2D eigenvalue weighted by atomic mass is 31.0. The molecule has 1 saturated heterocycles. The van der Waals surface area contributed by atoms with E-state index in [1.807, 2.05) is 0 Å². The van der Waals surface area contributed by atoms with E-state index in [1.165, 1.54) is 0 Å². The molecule has 1 aliphatic rings. The number of epoxide rings is 1. The SMILES string of the molecule is CCC1(C)CO1.P. The number of rotatable bonds is 1. The molecule has 1 rings (SSSR count). The van der Waals surface area contributed by atoms with Crippen molar-refractivity contribution in [1.82, 2.24) is 0 Å². The first kappa shape index (κ1) is 7.39. The zero-order valence-electron chi connectivity index (χ0n) is 5.03. The van der Waals surface area contributed by atoms with Crippen LogP contribution in [0, 0.1) is 0 Å². The van der Waals surface area contributed by atoms with Crippen LogP contribution in [0.4, 0.5) is 0 Å². The molecule has 0 radical (unpaired) electrons. The molecule has 2 unspecified atom stereocenters. The molecular formula is C5H13OP. The molecule has 1 nitrogen and oxygen atoms in total. The Balaban J connectivity index is 0.000000360. The summed E-state index contributed by atoms with van der Waals surface area (Å²) in [7, 11) is 0. The van der Waals surface area contributed by atoms with Gasteiger partial charge in [0.1, 0.15) is 0 Å². The van der Waals surface area contributed by atoms with Gasteiger partial charge in [0.25, 0.3) is 0 Å². The summed E-state index contributed by atoms with van der Waals surface area (Å²) in [6.07, 6.45) is 1.16. The highest BCUT2D eigenvalue weighted by Crippen LogP contribution is 2.28. The second kappa shape index (κ2) is 2.11. The summed E-state index contributed by atoms with van der Waals surface area (Å²) in [4.78, 5) is 0. The lowest BCUT2D eigenvalue weighted by atomic mass is 10.1. The fraction of sp³-hybridized carbons (Fsp3) is 1.00. The van der Waals surface area contributed by atoms with E-state index in [4.69, 9.17) is 4.74 Å². The molecule has 0 amide bonds. The van der Waals surface area contributed by atoms with Crippen LogP contribution in [0.1, 0.15) is 20.3 Å². The van der Waals surface area contributed by atoms with Crippen LogP contribution in [0.5, 0.6) is 0 Å². The van der Waals surface area contributed by atoms with Crippen LogP contribution in [0.25, 0.3) is 0 Å². The Morgan fingerprint density at radius 1 is 1.71 bits per heavy atom. The Hall–Kier alpha value is 0.390. The van der Waals surface area contributed by atoms with Crippen molar-refractivity contribution in [3.05, 3.63) is 0 Å². The second-order valence-corrected chi connectivity index (χ2v) is 2.09. The van der Waals surface area contributed by atoms with Gasteiger partial charge in [0.2, 0.25) is 0 Å². The van der Waals surface area contributed by atoms with Gasteiger partial charge in [0, 0.05) is 0 Å². The molecule has 0 saturated carbocycles. The van der Waals surface area contributed by atoms with E-state index in [0.717, 1.165) is 13.0 Å². The Kier molecular flexibility index (Phi) is 2.22. The van der Waals surface area contributed by atoms with Gasteiger partial charge in [0.15, 0.2) is 0 Å². The summed E-state index contributed by atoms with van der Waals surface area (Å²) < 4.78 is 5.05. The predicted octanol–water partition coefficient (Wildman–Crippen LogP) is 1.24. The third-order valence-corrected chi connectivity index (χ3v) is 1.39. The first-order valence-electron chi connectivity index (χ1n) is 2.41. The van der Waals surface area contributed by atoms with Crippen molar-refractivity contribution in [3.63, 3.8) is 0 Å². The van der Waals surface area contributed by atoms with Gasteiger partial charge in [-0.1, -0.05) is 6.92 Å². The second-order valence-electron chi connectivity index (χ2n) is 2.09. The zero-order chi connectivity index (χ0) is 4.62. The van der Waals surface area contributed by atoms with Crippen molar-refractivity contribution in [2.75, 3.05) is 6.61 Å². The van der Waals surface area contributed by atoms with Crippen molar-refractivity contribution < 1.29 is 4.74 Å². The van der Waals surface area contributed by atoms with E-state index < -0.39 is 0 Å². The molecule has 1 heterocycles. The third-order valence-electron chi connectivity index (χ3n) is 1.39. The van der Waals surface area contributed by atoms with E-state index in [0.29, 0.717) is 5.60 Å². The number of ether oxygens (including phenoxy) is 1. The minimum absolute atomic E-state index is 0. The minimum Gasteiger partial charge on any atom is -0.370 e. The molecule has 2 heteroatoms. The Labute approximate surface area is 48.1 Å². The molecule has 44 valence electrons. The molecule has 1 aliphatic heterocycles. The molecular weight excluding hydrogens is 107 g/mol.